The number of pyridine rings is 1. The SMILES string of the molecule is CC(C)n1c(=O)n(C)c2nnc3cc(F)c(-c4ccc(OCCCN5CC6(COC6)C5)nc4)cc3c21. The smallest absolute Gasteiger partial charge is 0.330 e. The molecule has 2 fully saturated rings. The normalized spacial score (nSPS) is 17.1. The molecule has 188 valence electrons. The molecule has 6 rings (SSSR count). The third-order valence-corrected chi connectivity index (χ3v) is 7.22. The predicted octanol–water partition coefficient (Wildman–Crippen LogP) is 3.17. The molecule has 3 aromatic heterocycles. The quantitative estimate of drug-likeness (QED) is 0.366. The Morgan fingerprint density at radius 1 is 1.19 bits per heavy atom. The van der Waals surface area contributed by atoms with E-state index in [-0.39, 0.29) is 11.7 Å². The molecule has 36 heavy (non-hydrogen) atoms. The van der Waals surface area contributed by atoms with Crippen molar-refractivity contribution < 1.29 is 13.9 Å². The lowest BCUT2D eigenvalue weighted by Gasteiger charge is -2.55. The van der Waals surface area contributed by atoms with Crippen LogP contribution in [-0.2, 0) is 11.8 Å². The second kappa shape index (κ2) is 8.63. The van der Waals surface area contributed by atoms with Gasteiger partial charge in [0.25, 0.3) is 0 Å². The number of halogens is 1. The van der Waals surface area contributed by atoms with Crippen molar-refractivity contribution in [1.29, 1.82) is 0 Å². The molecule has 2 aliphatic heterocycles. The van der Waals surface area contributed by atoms with Gasteiger partial charge in [-0.2, -0.15) is 0 Å². The maximum atomic E-state index is 15.1. The van der Waals surface area contributed by atoms with E-state index in [9.17, 15) is 4.79 Å². The monoisotopic (exact) mass is 492 g/mol. The number of likely N-dealkylation sites (tertiary alicyclic amines) is 1. The molecule has 0 radical (unpaired) electrons. The van der Waals surface area contributed by atoms with Crippen LogP contribution in [0.2, 0.25) is 0 Å². The molecule has 0 saturated carbocycles. The van der Waals surface area contributed by atoms with Gasteiger partial charge in [-0.3, -0.25) is 9.13 Å². The molecule has 1 aromatic carbocycles. The highest BCUT2D eigenvalue weighted by Gasteiger charge is 2.48. The van der Waals surface area contributed by atoms with Crippen LogP contribution in [0.1, 0.15) is 26.3 Å². The first-order chi connectivity index (χ1) is 17.3. The second-order valence-electron chi connectivity index (χ2n) is 10.3. The van der Waals surface area contributed by atoms with Crippen molar-refractivity contribution in [1.82, 2.24) is 29.2 Å². The number of hydrogen-bond acceptors (Lipinski definition) is 7. The van der Waals surface area contributed by atoms with E-state index in [4.69, 9.17) is 9.47 Å². The predicted molar refractivity (Wildman–Crippen MR) is 134 cm³/mol. The van der Waals surface area contributed by atoms with Gasteiger partial charge in [0, 0.05) is 73.0 Å². The van der Waals surface area contributed by atoms with Crippen molar-refractivity contribution in [3.8, 4) is 17.0 Å². The minimum atomic E-state index is -0.426. The average molecular weight is 493 g/mol. The largest absolute Gasteiger partial charge is 0.478 e. The highest BCUT2D eigenvalue weighted by atomic mass is 19.1. The Hall–Kier alpha value is -3.37. The molecule has 2 saturated heterocycles. The summed E-state index contributed by atoms with van der Waals surface area (Å²) in [6, 6.07) is 6.56. The standard InChI is InChI=1S/C26H29FN6O3/c1-16(2)33-23-19-9-18(20(27)10-21(19)29-30-24(23)31(3)25(33)34)17-5-6-22(28-11-17)36-8-4-7-32-12-26(13-32)14-35-15-26/h5-6,9-11,16H,4,7-8,12-15H2,1-3H3. The number of rotatable bonds is 7. The van der Waals surface area contributed by atoms with Gasteiger partial charge in [0.05, 0.1) is 25.3 Å². The van der Waals surface area contributed by atoms with E-state index in [0.717, 1.165) is 39.3 Å². The number of ether oxygens (including phenoxy) is 2. The molecule has 0 unspecified atom stereocenters. The Morgan fingerprint density at radius 3 is 2.67 bits per heavy atom. The molecule has 10 heteroatoms. The molecule has 0 bridgehead atoms. The summed E-state index contributed by atoms with van der Waals surface area (Å²) in [4.78, 5) is 19.6. The van der Waals surface area contributed by atoms with E-state index < -0.39 is 5.82 Å². The second-order valence-corrected chi connectivity index (χ2v) is 10.3. The molecule has 2 aliphatic rings. The maximum absolute atomic E-state index is 15.1. The van der Waals surface area contributed by atoms with Crippen molar-refractivity contribution in [3.63, 3.8) is 0 Å². The number of benzene rings is 1. The van der Waals surface area contributed by atoms with Crippen molar-refractivity contribution in [2.45, 2.75) is 26.3 Å². The molecule has 4 aromatic rings. The Labute approximate surface area is 207 Å². The number of nitrogens with zero attached hydrogens (tertiary/aromatic N) is 6. The molecule has 5 heterocycles. The van der Waals surface area contributed by atoms with E-state index in [1.807, 2.05) is 13.8 Å². The van der Waals surface area contributed by atoms with Crippen LogP contribution in [0, 0.1) is 11.2 Å². The molecular weight excluding hydrogens is 463 g/mol. The lowest BCUT2D eigenvalue weighted by atomic mass is 9.78. The van der Waals surface area contributed by atoms with Crippen LogP contribution in [0.3, 0.4) is 0 Å². The van der Waals surface area contributed by atoms with Crippen molar-refractivity contribution in [3.05, 3.63) is 46.8 Å². The number of hydrogen-bond donors (Lipinski definition) is 0. The van der Waals surface area contributed by atoms with Gasteiger partial charge in [-0.25, -0.2) is 14.2 Å². The van der Waals surface area contributed by atoms with Gasteiger partial charge in [0.1, 0.15) is 11.3 Å². The third kappa shape index (κ3) is 3.75. The van der Waals surface area contributed by atoms with E-state index in [0.29, 0.717) is 51.1 Å². The maximum Gasteiger partial charge on any atom is 0.330 e. The highest BCUT2D eigenvalue weighted by Crippen LogP contribution is 2.37. The fourth-order valence-electron chi connectivity index (χ4n) is 5.34. The van der Waals surface area contributed by atoms with Crippen LogP contribution in [0.25, 0.3) is 33.2 Å². The number of imidazole rings is 1. The first kappa shape index (κ1) is 23.1. The van der Waals surface area contributed by atoms with Gasteiger partial charge in [-0.1, -0.05) is 0 Å². The van der Waals surface area contributed by atoms with Crippen LogP contribution in [-0.4, -0.2) is 68.7 Å². The summed E-state index contributed by atoms with van der Waals surface area (Å²) in [6.07, 6.45) is 2.53. The summed E-state index contributed by atoms with van der Waals surface area (Å²) < 4.78 is 29.4. The molecular formula is C26H29FN6O3. The molecule has 1 spiro atoms. The highest BCUT2D eigenvalue weighted by molar-refractivity contribution is 6.02. The van der Waals surface area contributed by atoms with Crippen molar-refractivity contribution in [2.75, 3.05) is 39.5 Å². The van der Waals surface area contributed by atoms with Crippen LogP contribution < -0.4 is 10.4 Å². The summed E-state index contributed by atoms with van der Waals surface area (Å²) in [5.41, 5.74) is 2.77. The molecule has 0 atom stereocenters. The van der Waals surface area contributed by atoms with Crippen molar-refractivity contribution in [2.24, 2.45) is 12.5 Å². The van der Waals surface area contributed by atoms with Gasteiger partial charge in [-0.15, -0.1) is 10.2 Å². The van der Waals surface area contributed by atoms with Crippen LogP contribution >= 0.6 is 0 Å². The Morgan fingerprint density at radius 2 is 2.00 bits per heavy atom. The molecule has 0 N–H and O–H groups in total. The van der Waals surface area contributed by atoms with E-state index >= 15 is 4.39 Å². The lowest BCUT2D eigenvalue weighted by Crippen LogP contribution is -2.65. The molecule has 0 aliphatic carbocycles. The average Bonchev–Trinajstić information content (AvgIpc) is 3.07. The van der Waals surface area contributed by atoms with Gasteiger partial charge in [0.2, 0.25) is 5.88 Å². The van der Waals surface area contributed by atoms with E-state index in [2.05, 4.69) is 20.1 Å². The number of aryl methyl sites for hydroxylation is 1. The first-order valence-corrected chi connectivity index (χ1v) is 12.3. The van der Waals surface area contributed by atoms with Gasteiger partial charge >= 0.3 is 5.69 Å². The van der Waals surface area contributed by atoms with E-state index in [1.54, 1.807) is 36.0 Å². The summed E-state index contributed by atoms with van der Waals surface area (Å²) in [5.74, 6) is 0.0857. The molecule has 9 nitrogen and oxygen atoms in total. The Balaban J connectivity index is 1.21. The van der Waals surface area contributed by atoms with E-state index in [1.165, 1.54) is 10.6 Å². The van der Waals surface area contributed by atoms with Crippen LogP contribution in [0.15, 0.2) is 35.3 Å². The topological polar surface area (TPSA) is 87.3 Å². The van der Waals surface area contributed by atoms with Gasteiger partial charge < -0.3 is 14.4 Å². The minimum Gasteiger partial charge on any atom is -0.478 e. The summed E-state index contributed by atoms with van der Waals surface area (Å²) in [6.45, 7) is 9.47. The van der Waals surface area contributed by atoms with Gasteiger partial charge in [0.15, 0.2) is 5.65 Å². The minimum absolute atomic E-state index is 0.0883. The summed E-state index contributed by atoms with van der Waals surface area (Å²) in [5, 5.41) is 9.02. The fraction of sp³-hybridized carbons (Fsp3) is 0.462. The fourth-order valence-corrected chi connectivity index (χ4v) is 5.34. The summed E-state index contributed by atoms with van der Waals surface area (Å²) >= 11 is 0. The number of aromatic nitrogens is 5. The van der Waals surface area contributed by atoms with Crippen LogP contribution in [0.4, 0.5) is 4.39 Å². The lowest BCUT2D eigenvalue weighted by molar-refractivity contribution is -0.189. The number of fused-ring (bicyclic) bond motifs is 3. The van der Waals surface area contributed by atoms with Crippen LogP contribution in [0.5, 0.6) is 5.88 Å². The summed E-state index contributed by atoms with van der Waals surface area (Å²) in [7, 11) is 1.67. The zero-order valence-electron chi connectivity index (χ0n) is 20.7. The van der Waals surface area contributed by atoms with Crippen molar-refractivity contribution >= 4 is 22.1 Å². The van der Waals surface area contributed by atoms with Gasteiger partial charge in [-0.05, 0) is 32.4 Å². The zero-order chi connectivity index (χ0) is 25.0. The first-order valence-electron chi connectivity index (χ1n) is 12.3. The third-order valence-electron chi connectivity index (χ3n) is 7.22. The Bertz CT molecular complexity index is 1500. The molecule has 0 amide bonds. The zero-order valence-corrected chi connectivity index (χ0v) is 20.7. The Kier molecular flexibility index (Phi) is 5.53.